The smallest absolute Gasteiger partial charge is 0.251 e. The zero-order chi connectivity index (χ0) is 12.7. The van der Waals surface area contributed by atoms with Crippen LogP contribution in [0.2, 0.25) is 0 Å². The molecule has 3 N–H and O–H groups in total. The molecule has 1 aromatic carbocycles. The molecule has 3 nitrogen and oxygen atoms in total. The van der Waals surface area contributed by atoms with Crippen molar-refractivity contribution in [2.75, 3.05) is 32.0 Å². The molecule has 0 saturated heterocycles. The summed E-state index contributed by atoms with van der Waals surface area (Å²) in [5.74, 6) is 0. The van der Waals surface area contributed by atoms with Gasteiger partial charge in [-0.25, -0.2) is 8.78 Å². The first-order valence-electron chi connectivity index (χ1n) is 5.58. The van der Waals surface area contributed by atoms with Crippen LogP contribution < -0.4 is 5.73 Å². The van der Waals surface area contributed by atoms with Gasteiger partial charge in [0.2, 0.25) is 0 Å². The van der Waals surface area contributed by atoms with E-state index < -0.39 is 6.43 Å². The van der Waals surface area contributed by atoms with Crippen LogP contribution in [0.25, 0.3) is 0 Å². The lowest BCUT2D eigenvalue weighted by molar-refractivity contribution is 0.0790. The Kier molecular flexibility index (Phi) is 5.86. The van der Waals surface area contributed by atoms with Crippen LogP contribution in [0.4, 0.5) is 14.5 Å². The number of rotatable bonds is 7. The highest BCUT2D eigenvalue weighted by molar-refractivity contribution is 5.46. The highest BCUT2D eigenvalue weighted by Gasteiger charge is 2.11. The van der Waals surface area contributed by atoms with Crippen LogP contribution in [0.5, 0.6) is 0 Å². The third-order valence-electron chi connectivity index (χ3n) is 2.56. The second kappa shape index (κ2) is 7.19. The van der Waals surface area contributed by atoms with E-state index >= 15 is 0 Å². The van der Waals surface area contributed by atoms with Gasteiger partial charge in [0.15, 0.2) is 0 Å². The van der Waals surface area contributed by atoms with Gasteiger partial charge in [0.1, 0.15) is 0 Å². The molecule has 1 rings (SSSR count). The number of nitrogens with zero attached hydrogens (tertiary/aromatic N) is 1. The second-order valence-corrected chi connectivity index (χ2v) is 3.86. The highest BCUT2D eigenvalue weighted by Crippen LogP contribution is 2.12. The van der Waals surface area contributed by atoms with Gasteiger partial charge in [-0.05, 0) is 18.1 Å². The maximum absolute atomic E-state index is 12.3. The van der Waals surface area contributed by atoms with Gasteiger partial charge in [0, 0.05) is 18.8 Å². The minimum atomic E-state index is -2.38. The summed E-state index contributed by atoms with van der Waals surface area (Å²) >= 11 is 0. The Labute approximate surface area is 99.8 Å². The Morgan fingerprint density at radius 2 is 1.94 bits per heavy atom. The standard InChI is InChI=1S/C12H18F2N2O/c13-12(14)9-16(7-8-17)6-5-10-3-1-2-4-11(10)15/h1-4,12,17H,5-9,15H2. The molecule has 5 heteroatoms. The van der Waals surface area contributed by atoms with E-state index in [-0.39, 0.29) is 19.7 Å². The Bertz CT molecular complexity index is 334. The number of hydrogen-bond donors (Lipinski definition) is 2. The van der Waals surface area contributed by atoms with Crippen LogP contribution in [0.3, 0.4) is 0 Å². The van der Waals surface area contributed by atoms with Crippen LogP contribution in [-0.2, 0) is 6.42 Å². The molecule has 0 bridgehead atoms. The molecular weight excluding hydrogens is 226 g/mol. The van der Waals surface area contributed by atoms with E-state index in [2.05, 4.69) is 0 Å². The predicted octanol–water partition coefficient (Wildman–Crippen LogP) is 1.37. The lowest BCUT2D eigenvalue weighted by Gasteiger charge is -2.20. The summed E-state index contributed by atoms with van der Waals surface area (Å²) in [5, 5.41) is 8.79. The van der Waals surface area contributed by atoms with Gasteiger partial charge in [-0.3, -0.25) is 4.90 Å². The molecule has 0 atom stereocenters. The topological polar surface area (TPSA) is 49.5 Å². The SMILES string of the molecule is Nc1ccccc1CCN(CCO)CC(F)F. The second-order valence-electron chi connectivity index (χ2n) is 3.86. The van der Waals surface area contributed by atoms with Gasteiger partial charge < -0.3 is 10.8 Å². The molecule has 0 aromatic heterocycles. The third-order valence-corrected chi connectivity index (χ3v) is 2.56. The Morgan fingerprint density at radius 3 is 2.53 bits per heavy atom. The van der Waals surface area contributed by atoms with E-state index in [1.165, 1.54) is 4.90 Å². The molecule has 0 radical (unpaired) electrons. The lowest BCUT2D eigenvalue weighted by Crippen LogP contribution is -2.33. The molecule has 1 aromatic rings. The van der Waals surface area contributed by atoms with Crippen LogP contribution >= 0.6 is 0 Å². The maximum atomic E-state index is 12.3. The number of halogens is 2. The summed E-state index contributed by atoms with van der Waals surface area (Å²) in [6.45, 7) is 0.306. The molecule has 0 fully saturated rings. The number of anilines is 1. The van der Waals surface area contributed by atoms with Crippen LogP contribution in [0, 0.1) is 0 Å². The monoisotopic (exact) mass is 244 g/mol. The molecule has 0 spiro atoms. The van der Waals surface area contributed by atoms with Gasteiger partial charge >= 0.3 is 0 Å². The van der Waals surface area contributed by atoms with Gasteiger partial charge in [0.05, 0.1) is 13.2 Å². The van der Waals surface area contributed by atoms with Gasteiger partial charge in [-0.15, -0.1) is 0 Å². The number of hydrogen-bond acceptors (Lipinski definition) is 3. The Balaban J connectivity index is 2.48. The number of benzene rings is 1. The Morgan fingerprint density at radius 1 is 1.24 bits per heavy atom. The molecule has 17 heavy (non-hydrogen) atoms. The van der Waals surface area contributed by atoms with Crippen molar-refractivity contribution in [1.82, 2.24) is 4.90 Å². The van der Waals surface area contributed by atoms with Crippen molar-refractivity contribution in [3.8, 4) is 0 Å². The van der Waals surface area contributed by atoms with E-state index in [1.54, 1.807) is 6.07 Å². The number of nitrogens with two attached hydrogens (primary N) is 1. The molecule has 96 valence electrons. The van der Waals surface area contributed by atoms with Crippen molar-refractivity contribution in [3.63, 3.8) is 0 Å². The summed E-state index contributed by atoms with van der Waals surface area (Å²) in [6.07, 6.45) is -1.77. The summed E-state index contributed by atoms with van der Waals surface area (Å²) in [4.78, 5) is 1.54. The normalized spacial score (nSPS) is 11.4. The van der Waals surface area contributed by atoms with E-state index in [1.807, 2.05) is 18.2 Å². The maximum Gasteiger partial charge on any atom is 0.251 e. The first kappa shape index (κ1) is 13.9. The molecule has 0 heterocycles. The van der Waals surface area contributed by atoms with Crippen molar-refractivity contribution in [2.24, 2.45) is 0 Å². The first-order chi connectivity index (χ1) is 8.13. The van der Waals surface area contributed by atoms with E-state index in [9.17, 15) is 8.78 Å². The summed E-state index contributed by atoms with van der Waals surface area (Å²) in [7, 11) is 0. The Hall–Kier alpha value is -1.20. The predicted molar refractivity (Wildman–Crippen MR) is 64.1 cm³/mol. The number of para-hydroxylation sites is 1. The fourth-order valence-corrected chi connectivity index (χ4v) is 1.67. The van der Waals surface area contributed by atoms with Gasteiger partial charge in [-0.2, -0.15) is 0 Å². The number of alkyl halides is 2. The van der Waals surface area contributed by atoms with E-state index in [0.717, 1.165) is 5.56 Å². The molecule has 0 aliphatic rings. The minimum Gasteiger partial charge on any atom is -0.399 e. The quantitative estimate of drug-likeness (QED) is 0.712. The first-order valence-corrected chi connectivity index (χ1v) is 5.58. The molecule has 0 unspecified atom stereocenters. The third kappa shape index (κ3) is 5.10. The summed E-state index contributed by atoms with van der Waals surface area (Å²) in [6, 6.07) is 7.38. The fourth-order valence-electron chi connectivity index (χ4n) is 1.67. The fraction of sp³-hybridized carbons (Fsp3) is 0.500. The van der Waals surface area contributed by atoms with Crippen LogP contribution in [-0.4, -0.2) is 42.7 Å². The number of aliphatic hydroxyl groups is 1. The molecule has 0 aliphatic carbocycles. The average molecular weight is 244 g/mol. The number of nitrogen functional groups attached to an aromatic ring is 1. The van der Waals surface area contributed by atoms with Gasteiger partial charge in [-0.1, -0.05) is 18.2 Å². The molecular formula is C12H18F2N2O. The van der Waals surface area contributed by atoms with Crippen molar-refractivity contribution in [1.29, 1.82) is 0 Å². The molecule has 0 amide bonds. The van der Waals surface area contributed by atoms with E-state index in [0.29, 0.717) is 18.7 Å². The van der Waals surface area contributed by atoms with Crippen molar-refractivity contribution < 1.29 is 13.9 Å². The molecule has 0 aliphatic heterocycles. The number of aliphatic hydroxyl groups excluding tert-OH is 1. The van der Waals surface area contributed by atoms with E-state index in [4.69, 9.17) is 10.8 Å². The van der Waals surface area contributed by atoms with Crippen molar-refractivity contribution >= 4 is 5.69 Å². The zero-order valence-electron chi connectivity index (χ0n) is 9.65. The molecule has 0 saturated carbocycles. The van der Waals surface area contributed by atoms with Crippen molar-refractivity contribution in [3.05, 3.63) is 29.8 Å². The zero-order valence-corrected chi connectivity index (χ0v) is 9.65. The van der Waals surface area contributed by atoms with Crippen molar-refractivity contribution in [2.45, 2.75) is 12.8 Å². The van der Waals surface area contributed by atoms with Crippen LogP contribution in [0.15, 0.2) is 24.3 Å². The lowest BCUT2D eigenvalue weighted by atomic mass is 10.1. The highest BCUT2D eigenvalue weighted by atomic mass is 19.3. The summed E-state index contributed by atoms with van der Waals surface area (Å²) in [5.41, 5.74) is 7.39. The average Bonchev–Trinajstić information content (AvgIpc) is 2.27. The summed E-state index contributed by atoms with van der Waals surface area (Å²) < 4.78 is 24.5. The van der Waals surface area contributed by atoms with Gasteiger partial charge in [0.25, 0.3) is 6.43 Å². The van der Waals surface area contributed by atoms with Crippen LogP contribution in [0.1, 0.15) is 5.56 Å². The minimum absolute atomic E-state index is 0.114. The largest absolute Gasteiger partial charge is 0.399 e.